The van der Waals surface area contributed by atoms with Crippen LogP contribution in [0.5, 0.6) is 5.75 Å². The van der Waals surface area contributed by atoms with Crippen molar-refractivity contribution in [2.75, 3.05) is 18.5 Å². The third kappa shape index (κ3) is 3.32. The van der Waals surface area contributed by atoms with Crippen molar-refractivity contribution < 1.29 is 4.74 Å². The SMILES string of the molecule is c1ccc(CCCOc2ccc3c(c2)NCCC3)cc1. The summed E-state index contributed by atoms with van der Waals surface area (Å²) in [5, 5.41) is 3.44. The van der Waals surface area contributed by atoms with E-state index in [4.69, 9.17) is 4.74 Å². The highest BCUT2D eigenvalue weighted by Gasteiger charge is 2.08. The van der Waals surface area contributed by atoms with Crippen molar-refractivity contribution in [3.63, 3.8) is 0 Å². The van der Waals surface area contributed by atoms with Crippen LogP contribution in [0.3, 0.4) is 0 Å². The van der Waals surface area contributed by atoms with Crippen LogP contribution in [0.2, 0.25) is 0 Å². The molecule has 0 amide bonds. The van der Waals surface area contributed by atoms with Gasteiger partial charge in [0.1, 0.15) is 5.75 Å². The highest BCUT2D eigenvalue weighted by molar-refractivity contribution is 5.56. The number of hydrogen-bond acceptors (Lipinski definition) is 2. The first-order valence-corrected chi connectivity index (χ1v) is 7.45. The van der Waals surface area contributed by atoms with Gasteiger partial charge in [-0.15, -0.1) is 0 Å². The lowest BCUT2D eigenvalue weighted by Gasteiger charge is -2.18. The lowest BCUT2D eigenvalue weighted by molar-refractivity contribution is 0.311. The van der Waals surface area contributed by atoms with Gasteiger partial charge in [0.2, 0.25) is 0 Å². The van der Waals surface area contributed by atoms with Gasteiger partial charge in [0.05, 0.1) is 6.61 Å². The van der Waals surface area contributed by atoms with E-state index in [-0.39, 0.29) is 0 Å². The van der Waals surface area contributed by atoms with Gasteiger partial charge >= 0.3 is 0 Å². The van der Waals surface area contributed by atoms with E-state index in [0.717, 1.165) is 31.7 Å². The summed E-state index contributed by atoms with van der Waals surface area (Å²) in [4.78, 5) is 0. The van der Waals surface area contributed by atoms with Crippen molar-refractivity contribution in [3.05, 3.63) is 59.7 Å². The third-order valence-corrected chi connectivity index (χ3v) is 3.74. The van der Waals surface area contributed by atoms with Crippen molar-refractivity contribution >= 4 is 5.69 Å². The fraction of sp³-hybridized carbons (Fsp3) is 0.333. The summed E-state index contributed by atoms with van der Waals surface area (Å²) in [6.45, 7) is 1.85. The zero-order chi connectivity index (χ0) is 13.6. The first-order valence-electron chi connectivity index (χ1n) is 7.45. The van der Waals surface area contributed by atoms with Gasteiger partial charge in [-0.05, 0) is 42.9 Å². The Morgan fingerprint density at radius 1 is 1.05 bits per heavy atom. The van der Waals surface area contributed by atoms with Crippen molar-refractivity contribution in [3.8, 4) is 5.75 Å². The predicted molar refractivity (Wildman–Crippen MR) is 83.5 cm³/mol. The number of hydrogen-bond donors (Lipinski definition) is 1. The first-order chi connectivity index (χ1) is 9.92. The predicted octanol–water partition coefficient (Wildman–Crippen LogP) is 4.06. The van der Waals surface area contributed by atoms with Gasteiger partial charge in [-0.2, -0.15) is 0 Å². The molecule has 0 unspecified atom stereocenters. The zero-order valence-corrected chi connectivity index (χ0v) is 11.8. The van der Waals surface area contributed by atoms with E-state index < -0.39 is 0 Å². The lowest BCUT2D eigenvalue weighted by Crippen LogP contribution is -2.11. The summed E-state index contributed by atoms with van der Waals surface area (Å²) < 4.78 is 5.85. The van der Waals surface area contributed by atoms with Crippen LogP contribution in [0, 0.1) is 0 Å². The van der Waals surface area contributed by atoms with Crippen LogP contribution in [0.15, 0.2) is 48.5 Å². The van der Waals surface area contributed by atoms with Gasteiger partial charge in [-0.1, -0.05) is 36.4 Å². The molecule has 0 spiro atoms. The van der Waals surface area contributed by atoms with Gasteiger partial charge in [-0.25, -0.2) is 0 Å². The lowest BCUT2D eigenvalue weighted by atomic mass is 10.0. The van der Waals surface area contributed by atoms with Gasteiger partial charge in [0.15, 0.2) is 0 Å². The molecule has 2 aromatic carbocycles. The zero-order valence-electron chi connectivity index (χ0n) is 11.8. The Hall–Kier alpha value is -1.96. The van der Waals surface area contributed by atoms with Crippen LogP contribution in [-0.4, -0.2) is 13.2 Å². The van der Waals surface area contributed by atoms with Gasteiger partial charge in [0.25, 0.3) is 0 Å². The summed E-state index contributed by atoms with van der Waals surface area (Å²) in [5.74, 6) is 0.978. The molecule has 1 heterocycles. The number of anilines is 1. The summed E-state index contributed by atoms with van der Waals surface area (Å²) in [7, 11) is 0. The second kappa shape index (κ2) is 6.47. The summed E-state index contributed by atoms with van der Waals surface area (Å²) >= 11 is 0. The first kappa shape index (κ1) is 13.0. The van der Waals surface area contributed by atoms with Crippen molar-refractivity contribution in [1.29, 1.82) is 0 Å². The van der Waals surface area contributed by atoms with Crippen molar-refractivity contribution in [2.45, 2.75) is 25.7 Å². The molecule has 0 bridgehead atoms. The molecule has 20 heavy (non-hydrogen) atoms. The number of ether oxygens (including phenoxy) is 1. The minimum atomic E-state index is 0.772. The van der Waals surface area contributed by atoms with E-state index >= 15 is 0 Å². The molecule has 1 N–H and O–H groups in total. The Labute approximate surface area is 120 Å². The van der Waals surface area contributed by atoms with Crippen LogP contribution in [0.1, 0.15) is 24.0 Å². The Bertz CT molecular complexity index is 551. The highest BCUT2D eigenvalue weighted by atomic mass is 16.5. The quantitative estimate of drug-likeness (QED) is 0.825. The number of benzene rings is 2. The molecular weight excluding hydrogens is 246 g/mol. The fourth-order valence-electron chi connectivity index (χ4n) is 2.64. The van der Waals surface area contributed by atoms with Crippen molar-refractivity contribution in [2.24, 2.45) is 0 Å². The molecule has 0 saturated carbocycles. The largest absolute Gasteiger partial charge is 0.494 e. The molecule has 0 aromatic heterocycles. The summed E-state index contributed by atoms with van der Waals surface area (Å²) in [6, 6.07) is 17.0. The highest BCUT2D eigenvalue weighted by Crippen LogP contribution is 2.26. The van der Waals surface area contributed by atoms with Crippen molar-refractivity contribution in [1.82, 2.24) is 0 Å². The average Bonchev–Trinajstić information content (AvgIpc) is 2.52. The molecule has 2 heteroatoms. The Kier molecular flexibility index (Phi) is 4.22. The maximum atomic E-state index is 5.85. The number of rotatable bonds is 5. The molecule has 104 valence electrons. The number of fused-ring (bicyclic) bond motifs is 1. The second-order valence-corrected chi connectivity index (χ2v) is 5.29. The van der Waals surface area contributed by atoms with E-state index in [9.17, 15) is 0 Å². The molecule has 2 nitrogen and oxygen atoms in total. The minimum Gasteiger partial charge on any atom is -0.494 e. The van der Waals surface area contributed by atoms with E-state index in [1.165, 1.54) is 29.7 Å². The van der Waals surface area contributed by atoms with Crippen LogP contribution < -0.4 is 10.1 Å². The average molecular weight is 267 g/mol. The normalized spacial score (nSPS) is 13.4. The molecule has 1 aliphatic heterocycles. The third-order valence-electron chi connectivity index (χ3n) is 3.74. The minimum absolute atomic E-state index is 0.772. The maximum absolute atomic E-state index is 5.85. The van der Waals surface area contributed by atoms with Gasteiger partial charge in [-0.3, -0.25) is 0 Å². The molecule has 0 aliphatic carbocycles. The molecule has 1 aliphatic rings. The molecule has 0 radical (unpaired) electrons. The molecule has 0 saturated heterocycles. The Morgan fingerprint density at radius 2 is 1.95 bits per heavy atom. The summed E-state index contributed by atoms with van der Waals surface area (Å²) in [6.07, 6.45) is 4.53. The van der Waals surface area contributed by atoms with Crippen LogP contribution in [0.25, 0.3) is 0 Å². The number of aryl methyl sites for hydroxylation is 2. The maximum Gasteiger partial charge on any atom is 0.121 e. The fourth-order valence-corrected chi connectivity index (χ4v) is 2.64. The van der Waals surface area contributed by atoms with Crippen LogP contribution >= 0.6 is 0 Å². The summed E-state index contributed by atoms with van der Waals surface area (Å²) in [5.41, 5.74) is 4.04. The van der Waals surface area contributed by atoms with Gasteiger partial charge in [0, 0.05) is 18.3 Å². The molecule has 3 rings (SSSR count). The van der Waals surface area contributed by atoms with Crippen LogP contribution in [-0.2, 0) is 12.8 Å². The standard InChI is InChI=1S/C18H21NO/c1-2-6-15(7-3-1)8-5-13-20-17-11-10-16-9-4-12-19-18(16)14-17/h1-3,6-7,10-11,14,19H,4-5,8-9,12-13H2. The molecule has 0 fully saturated rings. The molecule has 0 atom stereocenters. The van der Waals surface area contributed by atoms with E-state index in [1.807, 2.05) is 0 Å². The van der Waals surface area contributed by atoms with Gasteiger partial charge < -0.3 is 10.1 Å². The molecular formula is C18H21NO. The van der Waals surface area contributed by atoms with Crippen LogP contribution in [0.4, 0.5) is 5.69 Å². The van der Waals surface area contributed by atoms with E-state index in [2.05, 4.69) is 53.8 Å². The number of nitrogens with one attached hydrogen (secondary N) is 1. The monoisotopic (exact) mass is 267 g/mol. The second-order valence-electron chi connectivity index (χ2n) is 5.29. The molecule has 2 aromatic rings. The van der Waals surface area contributed by atoms with E-state index in [1.54, 1.807) is 0 Å². The van der Waals surface area contributed by atoms with E-state index in [0.29, 0.717) is 0 Å². The Morgan fingerprint density at radius 3 is 2.85 bits per heavy atom. The Balaban J connectivity index is 1.49. The smallest absolute Gasteiger partial charge is 0.121 e. The topological polar surface area (TPSA) is 21.3 Å².